The van der Waals surface area contributed by atoms with Crippen molar-refractivity contribution >= 4 is 52.0 Å². The molecule has 1 saturated heterocycles. The third-order valence-corrected chi connectivity index (χ3v) is 5.33. The van der Waals surface area contributed by atoms with Gasteiger partial charge in [0.05, 0.1) is 27.4 Å². The van der Waals surface area contributed by atoms with Gasteiger partial charge in [0.2, 0.25) is 11.7 Å². The van der Waals surface area contributed by atoms with Crippen molar-refractivity contribution in [2.24, 2.45) is 0 Å². The minimum atomic E-state index is -1.02. The summed E-state index contributed by atoms with van der Waals surface area (Å²) in [5, 5.41) is 34.0. The number of thioether (sulfide) groups is 1. The van der Waals surface area contributed by atoms with Gasteiger partial charge in [0.15, 0.2) is 0 Å². The van der Waals surface area contributed by atoms with E-state index in [0.29, 0.717) is 40.8 Å². The maximum Gasteiger partial charge on any atom is 0.318 e. The highest BCUT2D eigenvalue weighted by molar-refractivity contribution is 8.18. The zero-order valence-electron chi connectivity index (χ0n) is 17.4. The number of imide groups is 1. The van der Waals surface area contributed by atoms with Crippen molar-refractivity contribution in [1.29, 1.82) is 0 Å². The first kappa shape index (κ1) is 24.2. The Balaban J connectivity index is 1.78. The van der Waals surface area contributed by atoms with Gasteiger partial charge < -0.3 is 15.2 Å². The monoisotopic (exact) mass is 488 g/mol. The van der Waals surface area contributed by atoms with Crippen molar-refractivity contribution in [2.45, 2.75) is 6.92 Å². The van der Waals surface area contributed by atoms with Gasteiger partial charge in [-0.2, -0.15) is 0 Å². The number of carbonyl (C=O) groups is 3. The van der Waals surface area contributed by atoms with Gasteiger partial charge in [-0.25, -0.2) is 0 Å². The Morgan fingerprint density at radius 2 is 1.85 bits per heavy atom. The Hall–Kier alpha value is -4.46. The minimum Gasteiger partial charge on any atom is -0.502 e. The molecular weight excluding hydrogens is 472 g/mol. The van der Waals surface area contributed by atoms with E-state index in [1.165, 1.54) is 0 Å². The lowest BCUT2D eigenvalue weighted by molar-refractivity contribution is -0.394. The van der Waals surface area contributed by atoms with Crippen LogP contribution in [-0.2, 0) is 9.59 Å². The van der Waals surface area contributed by atoms with Crippen LogP contribution in [0.3, 0.4) is 0 Å². The lowest BCUT2D eigenvalue weighted by atomic mass is 10.1. The number of nitro benzene ring substituents is 2. The molecule has 0 unspecified atom stereocenters. The molecule has 3 rings (SSSR count). The lowest BCUT2D eigenvalue weighted by Gasteiger charge is -2.12. The molecule has 1 heterocycles. The Morgan fingerprint density at radius 3 is 2.44 bits per heavy atom. The molecule has 0 saturated carbocycles. The van der Waals surface area contributed by atoms with Crippen molar-refractivity contribution in [3.05, 3.63) is 67.1 Å². The smallest absolute Gasteiger partial charge is 0.318 e. The normalized spacial score (nSPS) is 14.4. The number of nitrogens with one attached hydrogen (secondary N) is 1. The van der Waals surface area contributed by atoms with Gasteiger partial charge in [0.25, 0.3) is 16.8 Å². The number of carbonyl (C=O) groups excluding carboxylic acids is 3. The second-order valence-corrected chi connectivity index (χ2v) is 7.68. The molecule has 2 N–H and O–H groups in total. The fourth-order valence-corrected chi connectivity index (χ4v) is 3.73. The second-order valence-electron chi connectivity index (χ2n) is 6.69. The topological polar surface area (TPSA) is 182 Å². The molecule has 1 fully saturated rings. The van der Waals surface area contributed by atoms with Crippen LogP contribution in [-0.4, -0.2) is 50.1 Å². The van der Waals surface area contributed by atoms with Crippen LogP contribution in [0.2, 0.25) is 0 Å². The van der Waals surface area contributed by atoms with Crippen LogP contribution in [0.5, 0.6) is 11.5 Å². The first-order chi connectivity index (χ1) is 16.1. The number of benzene rings is 2. The summed E-state index contributed by atoms with van der Waals surface area (Å²) in [4.78, 5) is 57.8. The third-order valence-electron chi connectivity index (χ3n) is 4.42. The molecule has 0 radical (unpaired) electrons. The van der Waals surface area contributed by atoms with Gasteiger partial charge >= 0.3 is 5.69 Å². The zero-order chi connectivity index (χ0) is 25.0. The van der Waals surface area contributed by atoms with Gasteiger partial charge in [0, 0.05) is 17.3 Å². The number of nitrogens with zero attached hydrogens (tertiary/aromatic N) is 3. The molecule has 0 atom stereocenters. The third kappa shape index (κ3) is 5.29. The van der Waals surface area contributed by atoms with Crippen molar-refractivity contribution in [3.63, 3.8) is 0 Å². The number of phenolic OH excluding ortho intramolecular Hbond substituents is 1. The number of ether oxygens (including phenoxy) is 1. The number of hydrogen-bond donors (Lipinski definition) is 2. The molecule has 2 aromatic carbocycles. The highest BCUT2D eigenvalue weighted by Gasteiger charge is 2.37. The van der Waals surface area contributed by atoms with E-state index in [-0.39, 0.29) is 4.91 Å². The average molecular weight is 488 g/mol. The van der Waals surface area contributed by atoms with E-state index in [1.807, 2.05) is 6.92 Å². The molecular formula is C20H16N4O9S. The van der Waals surface area contributed by atoms with E-state index >= 15 is 0 Å². The Kier molecular flexibility index (Phi) is 7.11. The summed E-state index contributed by atoms with van der Waals surface area (Å²) in [6.45, 7) is 1.68. The number of non-ortho nitro benzene ring substituents is 1. The molecule has 14 heteroatoms. The molecule has 1 aliphatic heterocycles. The first-order valence-corrected chi connectivity index (χ1v) is 10.4. The van der Waals surface area contributed by atoms with Gasteiger partial charge in [-0.3, -0.25) is 39.5 Å². The van der Waals surface area contributed by atoms with Crippen molar-refractivity contribution in [2.75, 3.05) is 18.5 Å². The van der Waals surface area contributed by atoms with Crippen LogP contribution in [0.15, 0.2) is 41.3 Å². The Labute approximate surface area is 195 Å². The number of amides is 3. The molecule has 3 amide bonds. The number of anilines is 1. The molecule has 0 aliphatic carbocycles. The summed E-state index contributed by atoms with van der Waals surface area (Å²) in [6.07, 6.45) is 0.921. The van der Waals surface area contributed by atoms with Crippen molar-refractivity contribution in [3.8, 4) is 11.5 Å². The highest BCUT2D eigenvalue weighted by atomic mass is 32.2. The van der Waals surface area contributed by atoms with Crippen LogP contribution in [0.4, 0.5) is 21.9 Å². The predicted octanol–water partition coefficient (Wildman–Crippen LogP) is 3.28. The van der Waals surface area contributed by atoms with Crippen LogP contribution in [0.25, 0.3) is 6.08 Å². The molecule has 13 nitrogen and oxygen atoms in total. The number of nitro groups is 2. The van der Waals surface area contributed by atoms with E-state index in [2.05, 4.69) is 5.32 Å². The Morgan fingerprint density at radius 1 is 1.18 bits per heavy atom. The van der Waals surface area contributed by atoms with Crippen LogP contribution < -0.4 is 10.1 Å². The van der Waals surface area contributed by atoms with Gasteiger partial charge in [-0.15, -0.1) is 0 Å². The maximum atomic E-state index is 12.6. The summed E-state index contributed by atoms with van der Waals surface area (Å²) >= 11 is 0.421. The number of rotatable bonds is 8. The summed E-state index contributed by atoms with van der Waals surface area (Å²) < 4.78 is 5.30. The van der Waals surface area contributed by atoms with Crippen LogP contribution >= 0.6 is 11.8 Å². The highest BCUT2D eigenvalue weighted by Crippen LogP contribution is 2.39. The van der Waals surface area contributed by atoms with E-state index < -0.39 is 56.1 Å². The molecule has 0 bridgehead atoms. The van der Waals surface area contributed by atoms with Crippen LogP contribution in [0.1, 0.15) is 12.5 Å². The van der Waals surface area contributed by atoms with Gasteiger partial charge in [0.1, 0.15) is 12.3 Å². The van der Waals surface area contributed by atoms with E-state index in [1.54, 1.807) is 24.3 Å². The van der Waals surface area contributed by atoms with Crippen LogP contribution in [0, 0.1) is 20.2 Å². The fourth-order valence-electron chi connectivity index (χ4n) is 2.90. The SMILES string of the molecule is CCOc1ccc(NC(=O)CN2C(=O)S/C(=C/c3cc([N+](=O)[O-])cc([N+](=O)[O-])c3O)C2=O)cc1. The molecule has 2 aromatic rings. The zero-order valence-corrected chi connectivity index (χ0v) is 18.2. The molecule has 34 heavy (non-hydrogen) atoms. The molecule has 176 valence electrons. The van der Waals surface area contributed by atoms with Crippen molar-refractivity contribution in [1.82, 2.24) is 4.90 Å². The van der Waals surface area contributed by atoms with Gasteiger partial charge in [-0.1, -0.05) is 0 Å². The first-order valence-electron chi connectivity index (χ1n) is 9.54. The molecule has 1 aliphatic rings. The summed E-state index contributed by atoms with van der Waals surface area (Å²) in [6, 6.07) is 7.82. The van der Waals surface area contributed by atoms with E-state index in [9.17, 15) is 39.7 Å². The summed E-state index contributed by atoms with van der Waals surface area (Å²) in [5.41, 5.74) is -1.62. The van der Waals surface area contributed by atoms with Gasteiger partial charge in [-0.05, 0) is 49.0 Å². The maximum absolute atomic E-state index is 12.6. The Bertz CT molecular complexity index is 1230. The lowest BCUT2D eigenvalue weighted by Crippen LogP contribution is -2.36. The quantitative estimate of drug-likeness (QED) is 0.318. The summed E-state index contributed by atoms with van der Waals surface area (Å²) in [5.74, 6) is -1.87. The fraction of sp³-hybridized carbons (Fsp3) is 0.150. The van der Waals surface area contributed by atoms with E-state index in [4.69, 9.17) is 4.74 Å². The molecule has 0 spiro atoms. The summed E-state index contributed by atoms with van der Waals surface area (Å²) in [7, 11) is 0. The van der Waals surface area contributed by atoms with Crippen molar-refractivity contribution < 1.29 is 34.1 Å². The number of phenols is 1. The minimum absolute atomic E-state index is 0.274. The second kappa shape index (κ2) is 9.99. The van der Waals surface area contributed by atoms with E-state index in [0.717, 1.165) is 12.1 Å². The number of aromatic hydroxyl groups is 1. The predicted molar refractivity (Wildman–Crippen MR) is 120 cm³/mol. The standard InChI is InChI=1S/C20H16N4O9S/c1-2-33-14-5-3-12(4-6-14)21-17(25)10-22-19(27)16(34-20(22)28)8-11-7-13(23(29)30)9-15(18(11)26)24(31)32/h3-9,26H,2,10H2,1H3,(H,21,25)/b16-8+. The molecule has 0 aromatic heterocycles. The number of hydrogen-bond acceptors (Lipinski definition) is 10. The largest absolute Gasteiger partial charge is 0.502 e. The average Bonchev–Trinajstić information content (AvgIpc) is 3.03.